The normalized spacial score (nSPS) is 21.0. The first-order chi connectivity index (χ1) is 21.1. The first kappa shape index (κ1) is 40.5. The van der Waals surface area contributed by atoms with Gasteiger partial charge in [0.05, 0.1) is 92.5 Å². The molecular weight excluding hydrogens is 676 g/mol. The third-order valence-corrected chi connectivity index (χ3v) is 10.5. The Balaban J connectivity index is 1.30. The summed E-state index contributed by atoms with van der Waals surface area (Å²) in [5.74, 6) is 0.0654. The number of carbonyl (C=O) groups excluding carboxylic acids is 2. The molecule has 0 unspecified atom stereocenters. The van der Waals surface area contributed by atoms with Crippen molar-refractivity contribution in [2.45, 2.75) is 77.8 Å². The molecule has 0 atom stereocenters. The van der Waals surface area contributed by atoms with Crippen molar-refractivity contribution in [3.05, 3.63) is 0 Å². The van der Waals surface area contributed by atoms with Crippen LogP contribution in [0.5, 0.6) is 0 Å². The summed E-state index contributed by atoms with van der Waals surface area (Å²) in [5.41, 5.74) is -2.34. The molecule has 0 spiro atoms. The molecule has 0 radical (unpaired) electrons. The van der Waals surface area contributed by atoms with Crippen LogP contribution < -0.4 is 0 Å². The molecule has 0 bridgehead atoms. The first-order valence-electron chi connectivity index (χ1n) is 15.7. The Bertz CT molecular complexity index is 843. The second kappa shape index (κ2) is 18.8. The Hall–Kier alpha value is -0.650. The van der Waals surface area contributed by atoms with Crippen LogP contribution in [-0.2, 0) is 42.7 Å². The molecule has 0 saturated carbocycles. The van der Waals surface area contributed by atoms with Gasteiger partial charge in [0.15, 0.2) is 0 Å². The van der Waals surface area contributed by atoms with E-state index in [1.165, 1.54) is 0 Å². The molecule has 45 heavy (non-hydrogen) atoms. The van der Waals surface area contributed by atoms with Crippen LogP contribution in [-0.4, -0.2) is 158 Å². The van der Waals surface area contributed by atoms with E-state index in [-0.39, 0.29) is 11.8 Å². The summed E-state index contributed by atoms with van der Waals surface area (Å²) in [6, 6.07) is 0. The molecule has 264 valence electrons. The first-order valence-corrected chi connectivity index (χ1v) is 16.8. The van der Waals surface area contributed by atoms with E-state index in [9.17, 15) is 9.59 Å². The van der Waals surface area contributed by atoms with E-state index in [0.717, 1.165) is 0 Å². The van der Waals surface area contributed by atoms with E-state index in [2.05, 4.69) is 16.1 Å². The lowest BCUT2D eigenvalue weighted by Crippen LogP contribution is -2.47. The molecule has 15 heteroatoms. The van der Waals surface area contributed by atoms with Gasteiger partial charge in [0, 0.05) is 29.2 Å². The summed E-state index contributed by atoms with van der Waals surface area (Å²) < 4.78 is 42.3. The molecule has 0 aliphatic carbocycles. The second-order valence-corrected chi connectivity index (χ2v) is 13.9. The van der Waals surface area contributed by atoms with Crippen LogP contribution in [0.4, 0.5) is 0 Å². The minimum absolute atomic E-state index is 0.00904. The SMILES string of the molecule is CC1(C)C(=O)N(CCOCCOCCOCCOCCOCCOCCOCCN2C(=O)C(C)(C)N(Br)C2(C)C)C(C)(C)N1Cl. The summed E-state index contributed by atoms with van der Waals surface area (Å²) >= 11 is 9.93. The number of hydrogen-bond donors (Lipinski definition) is 0. The number of carbonyl (C=O) groups is 2. The molecule has 0 aromatic carbocycles. The van der Waals surface area contributed by atoms with Gasteiger partial charge in [-0.3, -0.25) is 9.59 Å². The second-order valence-electron chi connectivity index (χ2n) is 12.9. The van der Waals surface area contributed by atoms with Crippen molar-refractivity contribution < 1.29 is 42.7 Å². The highest BCUT2D eigenvalue weighted by molar-refractivity contribution is 9.07. The Kier molecular flexibility index (Phi) is 16.9. The predicted octanol–water partition coefficient (Wildman–Crippen LogP) is 2.88. The molecule has 2 saturated heterocycles. The van der Waals surface area contributed by atoms with Crippen molar-refractivity contribution in [1.29, 1.82) is 0 Å². The molecule has 0 aromatic heterocycles. The van der Waals surface area contributed by atoms with Gasteiger partial charge < -0.3 is 43.0 Å². The number of nitrogens with zero attached hydrogens (tertiary/aromatic N) is 4. The Morgan fingerprint density at radius 2 is 0.756 bits per heavy atom. The highest BCUT2D eigenvalue weighted by Gasteiger charge is 2.56. The molecule has 2 aliphatic heterocycles. The summed E-state index contributed by atoms with van der Waals surface area (Å²) in [6.07, 6.45) is 0. The summed E-state index contributed by atoms with van der Waals surface area (Å²) in [7, 11) is 0. The van der Waals surface area contributed by atoms with E-state index in [4.69, 9.17) is 44.9 Å². The largest absolute Gasteiger partial charge is 0.377 e. The van der Waals surface area contributed by atoms with Gasteiger partial charge in [0.2, 0.25) is 11.8 Å². The summed E-state index contributed by atoms with van der Waals surface area (Å²) in [4.78, 5) is 28.9. The number of ether oxygens (including phenoxy) is 7. The molecule has 2 aliphatic rings. The molecule has 2 rings (SSSR count). The van der Waals surface area contributed by atoms with E-state index >= 15 is 0 Å². The van der Waals surface area contributed by atoms with E-state index in [0.29, 0.717) is 106 Å². The Morgan fingerprint density at radius 3 is 1.00 bits per heavy atom. The highest BCUT2D eigenvalue weighted by atomic mass is 79.9. The zero-order valence-electron chi connectivity index (χ0n) is 28.5. The lowest BCUT2D eigenvalue weighted by molar-refractivity contribution is -0.135. The topological polar surface area (TPSA) is 112 Å². The van der Waals surface area contributed by atoms with Crippen molar-refractivity contribution in [2.75, 3.05) is 106 Å². The lowest BCUT2D eigenvalue weighted by atomic mass is 10.1. The van der Waals surface area contributed by atoms with E-state index in [1.807, 2.05) is 64.2 Å². The fourth-order valence-corrected chi connectivity index (χ4v) is 5.90. The fraction of sp³-hybridized carbons (Fsp3) is 0.933. The third-order valence-electron chi connectivity index (χ3n) is 7.95. The molecule has 0 aromatic rings. The Labute approximate surface area is 283 Å². The number of rotatable bonds is 24. The van der Waals surface area contributed by atoms with Gasteiger partial charge in [-0.2, -0.15) is 4.42 Å². The van der Waals surface area contributed by atoms with Gasteiger partial charge in [-0.15, -0.1) is 0 Å². The summed E-state index contributed by atoms with van der Waals surface area (Å²) in [5, 5.41) is 0. The molecule has 2 amide bonds. The van der Waals surface area contributed by atoms with Gasteiger partial charge in [0.25, 0.3) is 0 Å². The maximum absolute atomic E-state index is 12.7. The number of halogens is 2. The van der Waals surface area contributed by atoms with Crippen LogP contribution in [0.3, 0.4) is 0 Å². The van der Waals surface area contributed by atoms with Crippen molar-refractivity contribution in [1.82, 2.24) is 18.1 Å². The smallest absolute Gasteiger partial charge is 0.245 e. The maximum atomic E-state index is 12.7. The molecule has 0 N–H and O–H groups in total. The van der Waals surface area contributed by atoms with Crippen LogP contribution in [0.15, 0.2) is 0 Å². The van der Waals surface area contributed by atoms with Crippen LogP contribution >= 0.6 is 27.9 Å². The van der Waals surface area contributed by atoms with Crippen LogP contribution in [0.1, 0.15) is 55.4 Å². The van der Waals surface area contributed by atoms with Gasteiger partial charge in [-0.25, -0.2) is 3.93 Å². The average molecular weight is 732 g/mol. The third kappa shape index (κ3) is 11.2. The lowest BCUT2D eigenvalue weighted by Gasteiger charge is -2.35. The predicted molar refractivity (Wildman–Crippen MR) is 174 cm³/mol. The molecule has 13 nitrogen and oxygen atoms in total. The van der Waals surface area contributed by atoms with Crippen molar-refractivity contribution >= 4 is 39.7 Å². The van der Waals surface area contributed by atoms with Crippen molar-refractivity contribution in [3.63, 3.8) is 0 Å². The van der Waals surface area contributed by atoms with Gasteiger partial charge in [-0.05, 0) is 67.2 Å². The van der Waals surface area contributed by atoms with Crippen LogP contribution in [0, 0.1) is 0 Å². The monoisotopic (exact) mass is 730 g/mol. The van der Waals surface area contributed by atoms with Crippen LogP contribution in [0.25, 0.3) is 0 Å². The maximum Gasteiger partial charge on any atom is 0.245 e. The van der Waals surface area contributed by atoms with Crippen molar-refractivity contribution in [3.8, 4) is 0 Å². The highest BCUT2D eigenvalue weighted by Crippen LogP contribution is 2.41. The van der Waals surface area contributed by atoms with Crippen LogP contribution in [0.2, 0.25) is 0 Å². The molecular formula is C30H56BrClN4O9. The van der Waals surface area contributed by atoms with Gasteiger partial charge in [0.1, 0.15) is 22.4 Å². The van der Waals surface area contributed by atoms with Gasteiger partial charge in [-0.1, -0.05) is 0 Å². The quantitative estimate of drug-likeness (QED) is 0.108. The Morgan fingerprint density at radius 1 is 0.489 bits per heavy atom. The van der Waals surface area contributed by atoms with Crippen molar-refractivity contribution in [2.24, 2.45) is 0 Å². The zero-order chi connectivity index (χ0) is 33.7. The fourth-order valence-electron chi connectivity index (χ4n) is 5.39. The standard InChI is InChI=1S/C30H56BrClN4O9/c1-27(2)25(37)33(29(5,6)35(27)31)9-11-39-13-15-41-17-19-43-21-23-45-24-22-44-20-18-42-16-14-40-12-10-34-26(38)28(3,4)36(32)30(34,7)8/h9-24H2,1-8H3. The zero-order valence-corrected chi connectivity index (χ0v) is 30.9. The number of amides is 2. The average Bonchev–Trinajstić information content (AvgIpc) is 3.17. The molecule has 2 fully saturated rings. The van der Waals surface area contributed by atoms with Gasteiger partial charge >= 0.3 is 0 Å². The molecule has 2 heterocycles. The van der Waals surface area contributed by atoms with E-state index < -0.39 is 22.4 Å². The minimum atomic E-state index is -0.744. The minimum Gasteiger partial charge on any atom is -0.377 e. The van der Waals surface area contributed by atoms with E-state index in [1.54, 1.807) is 9.32 Å². The summed E-state index contributed by atoms with van der Waals surface area (Å²) in [6.45, 7) is 22.8. The number of hydrogen-bond acceptors (Lipinski definition) is 11.